The maximum Gasteiger partial charge on any atom is 0.188 e. The molecule has 0 saturated carbocycles. The predicted molar refractivity (Wildman–Crippen MR) is 86.0 cm³/mol. The lowest BCUT2D eigenvalue weighted by atomic mass is 10.0. The normalized spacial score (nSPS) is 10.8. The Hall–Kier alpha value is -1.98. The third-order valence-corrected chi connectivity index (χ3v) is 4.90. The zero-order valence-electron chi connectivity index (χ0n) is 11.5. The third kappa shape index (κ3) is 2.28. The Balaban J connectivity index is 2.25. The van der Waals surface area contributed by atoms with Gasteiger partial charge in [0.2, 0.25) is 0 Å². The molecule has 2 N–H and O–H groups in total. The van der Waals surface area contributed by atoms with Crippen LogP contribution < -0.4 is 10.5 Å². The van der Waals surface area contributed by atoms with Crippen LogP contribution in [0.15, 0.2) is 34.2 Å². The number of methoxy groups -OCH3 is 1. The van der Waals surface area contributed by atoms with E-state index in [4.69, 9.17) is 26.6 Å². The smallest absolute Gasteiger partial charge is 0.188 e. The summed E-state index contributed by atoms with van der Waals surface area (Å²) in [6.07, 6.45) is 0. The summed E-state index contributed by atoms with van der Waals surface area (Å²) in [5, 5.41) is 6.52. The fourth-order valence-electron chi connectivity index (χ4n) is 2.15. The topological polar surface area (TPSA) is 61.3 Å². The lowest BCUT2D eigenvalue weighted by molar-refractivity contribution is 0.416. The number of aryl methyl sites for hydroxylation is 1. The van der Waals surface area contributed by atoms with E-state index in [-0.39, 0.29) is 0 Å². The van der Waals surface area contributed by atoms with Crippen LogP contribution in [0.2, 0.25) is 5.02 Å². The molecule has 0 unspecified atom stereocenters. The molecule has 0 aliphatic heterocycles. The molecule has 4 nitrogen and oxygen atoms in total. The molecule has 2 heterocycles. The number of hydrogen-bond donors (Lipinski definition) is 1. The van der Waals surface area contributed by atoms with Gasteiger partial charge in [0.05, 0.1) is 22.6 Å². The van der Waals surface area contributed by atoms with Crippen molar-refractivity contribution in [2.24, 2.45) is 0 Å². The monoisotopic (exact) mass is 320 g/mol. The summed E-state index contributed by atoms with van der Waals surface area (Å²) in [6, 6.07) is 7.59. The van der Waals surface area contributed by atoms with Gasteiger partial charge in [-0.25, -0.2) is 0 Å². The van der Waals surface area contributed by atoms with Crippen molar-refractivity contribution in [3.05, 3.63) is 40.2 Å². The second kappa shape index (κ2) is 5.42. The maximum atomic E-state index is 6.34. The Labute approximate surface area is 131 Å². The van der Waals surface area contributed by atoms with Crippen LogP contribution in [0.3, 0.4) is 0 Å². The van der Waals surface area contributed by atoms with E-state index in [9.17, 15) is 0 Å². The predicted octanol–water partition coefficient (Wildman–Crippen LogP) is 4.62. The minimum absolute atomic E-state index is 0.316. The van der Waals surface area contributed by atoms with E-state index in [2.05, 4.69) is 5.16 Å². The second-order valence-electron chi connectivity index (χ2n) is 4.53. The Morgan fingerprint density at radius 3 is 2.76 bits per heavy atom. The highest BCUT2D eigenvalue weighted by Gasteiger charge is 2.23. The van der Waals surface area contributed by atoms with Gasteiger partial charge in [0, 0.05) is 5.56 Å². The molecule has 0 atom stereocenters. The first-order valence-electron chi connectivity index (χ1n) is 6.26. The van der Waals surface area contributed by atoms with Gasteiger partial charge in [-0.2, -0.15) is 0 Å². The van der Waals surface area contributed by atoms with Gasteiger partial charge >= 0.3 is 0 Å². The maximum absolute atomic E-state index is 6.34. The number of hydrogen-bond acceptors (Lipinski definition) is 5. The van der Waals surface area contributed by atoms with Gasteiger partial charge in [-0.1, -0.05) is 35.0 Å². The highest BCUT2D eigenvalue weighted by molar-refractivity contribution is 7.14. The van der Waals surface area contributed by atoms with E-state index in [1.165, 1.54) is 11.3 Å². The van der Waals surface area contributed by atoms with E-state index in [1.54, 1.807) is 7.11 Å². The average Bonchev–Trinajstić information content (AvgIpc) is 3.03. The molecule has 0 saturated heterocycles. The Morgan fingerprint density at radius 1 is 1.33 bits per heavy atom. The van der Waals surface area contributed by atoms with Crippen molar-refractivity contribution < 1.29 is 9.26 Å². The molecule has 0 amide bonds. The third-order valence-electron chi connectivity index (χ3n) is 3.20. The number of thiophene rings is 1. The van der Waals surface area contributed by atoms with Crippen LogP contribution in [0.5, 0.6) is 5.75 Å². The molecule has 0 aliphatic carbocycles. The summed E-state index contributed by atoms with van der Waals surface area (Å²) in [5.74, 6) is 1.59. The summed E-state index contributed by atoms with van der Waals surface area (Å²) in [4.78, 5) is 0.819. The highest BCUT2D eigenvalue weighted by atomic mass is 35.5. The van der Waals surface area contributed by atoms with Gasteiger partial charge in [-0.05, 0) is 23.9 Å². The second-order valence-corrected chi connectivity index (χ2v) is 5.79. The molecule has 0 aliphatic rings. The first-order valence-corrected chi connectivity index (χ1v) is 7.51. The fourth-order valence-corrected chi connectivity index (χ4v) is 3.41. The van der Waals surface area contributed by atoms with Gasteiger partial charge in [0.15, 0.2) is 11.6 Å². The van der Waals surface area contributed by atoms with Crippen molar-refractivity contribution in [3.8, 4) is 27.5 Å². The fraction of sp³-hybridized carbons (Fsp3) is 0.133. The molecule has 6 heteroatoms. The molecular weight excluding hydrogens is 308 g/mol. The Bertz CT molecular complexity index is 795. The average molecular weight is 321 g/mol. The van der Waals surface area contributed by atoms with E-state index < -0.39 is 0 Å². The first-order chi connectivity index (χ1) is 10.1. The summed E-state index contributed by atoms with van der Waals surface area (Å²) in [6.45, 7) is 1.95. The minimum Gasteiger partial charge on any atom is -0.496 e. The lowest BCUT2D eigenvalue weighted by Gasteiger charge is -2.08. The zero-order chi connectivity index (χ0) is 15.0. The van der Waals surface area contributed by atoms with Crippen LogP contribution in [0, 0.1) is 6.92 Å². The number of benzene rings is 1. The Morgan fingerprint density at radius 2 is 2.10 bits per heavy atom. The van der Waals surface area contributed by atoms with Crippen molar-refractivity contribution in [1.82, 2.24) is 5.16 Å². The van der Waals surface area contributed by atoms with E-state index >= 15 is 0 Å². The Kier molecular flexibility index (Phi) is 3.61. The van der Waals surface area contributed by atoms with Crippen molar-refractivity contribution in [3.63, 3.8) is 0 Å². The van der Waals surface area contributed by atoms with Crippen LogP contribution in [0.4, 0.5) is 5.82 Å². The first kappa shape index (κ1) is 14.0. The van der Waals surface area contributed by atoms with E-state index in [1.807, 2.05) is 36.6 Å². The quantitative estimate of drug-likeness (QED) is 0.764. The molecule has 1 aromatic carbocycles. The van der Waals surface area contributed by atoms with E-state index in [0.29, 0.717) is 27.9 Å². The van der Waals surface area contributed by atoms with Crippen LogP contribution in [0.25, 0.3) is 21.8 Å². The van der Waals surface area contributed by atoms with Crippen molar-refractivity contribution >= 4 is 28.8 Å². The number of nitrogen functional groups attached to an aromatic ring is 1. The highest BCUT2D eigenvalue weighted by Crippen LogP contribution is 2.45. The minimum atomic E-state index is 0.316. The number of nitrogens with two attached hydrogens (primary N) is 1. The number of para-hydroxylation sites is 1. The van der Waals surface area contributed by atoms with Crippen LogP contribution in [-0.2, 0) is 0 Å². The number of anilines is 1. The lowest BCUT2D eigenvalue weighted by Crippen LogP contribution is -1.92. The summed E-state index contributed by atoms with van der Waals surface area (Å²) >= 11 is 7.84. The van der Waals surface area contributed by atoms with Crippen LogP contribution in [-0.4, -0.2) is 12.3 Å². The molecule has 108 valence electrons. The molecule has 3 aromatic rings. The van der Waals surface area contributed by atoms with Gasteiger partial charge < -0.3 is 15.0 Å². The molecule has 3 rings (SSSR count). The van der Waals surface area contributed by atoms with Gasteiger partial charge in [0.25, 0.3) is 0 Å². The zero-order valence-corrected chi connectivity index (χ0v) is 13.1. The number of aromatic nitrogens is 1. The van der Waals surface area contributed by atoms with Crippen molar-refractivity contribution in [1.29, 1.82) is 0 Å². The van der Waals surface area contributed by atoms with E-state index in [0.717, 1.165) is 16.0 Å². The molecule has 0 radical (unpaired) electrons. The standard InChI is InChI=1S/C15H13ClN2O2S/c1-8-7-21-14(12(8)16)13-11(15(17)18-20-13)9-5-3-4-6-10(9)19-2/h3-7H,1-2H3,(H2,17,18). The molecule has 2 aromatic heterocycles. The van der Waals surface area contributed by atoms with Crippen molar-refractivity contribution in [2.75, 3.05) is 12.8 Å². The van der Waals surface area contributed by atoms with Gasteiger partial charge in [-0.3, -0.25) is 0 Å². The summed E-state index contributed by atoms with van der Waals surface area (Å²) < 4.78 is 10.8. The van der Waals surface area contributed by atoms with Gasteiger partial charge in [0.1, 0.15) is 5.75 Å². The summed E-state index contributed by atoms with van der Waals surface area (Å²) in [5.41, 5.74) is 8.52. The SMILES string of the molecule is COc1ccccc1-c1c(N)noc1-c1scc(C)c1Cl. The number of halogens is 1. The molecule has 0 spiro atoms. The molecule has 0 fully saturated rings. The van der Waals surface area contributed by atoms with Crippen molar-refractivity contribution in [2.45, 2.75) is 6.92 Å². The summed E-state index contributed by atoms with van der Waals surface area (Å²) in [7, 11) is 1.62. The van der Waals surface area contributed by atoms with Crippen LogP contribution in [0.1, 0.15) is 5.56 Å². The van der Waals surface area contributed by atoms with Gasteiger partial charge in [-0.15, -0.1) is 11.3 Å². The number of rotatable bonds is 3. The largest absolute Gasteiger partial charge is 0.496 e. The number of ether oxygens (including phenoxy) is 1. The molecule has 0 bridgehead atoms. The molecular formula is C15H13ClN2O2S. The molecule has 21 heavy (non-hydrogen) atoms. The number of nitrogens with zero attached hydrogens (tertiary/aromatic N) is 1. The van der Waals surface area contributed by atoms with Crippen LogP contribution >= 0.6 is 22.9 Å².